The van der Waals surface area contributed by atoms with Crippen LogP contribution >= 0.6 is 23.4 Å². The van der Waals surface area contributed by atoms with Crippen LogP contribution in [0.3, 0.4) is 0 Å². The normalized spacial score (nSPS) is 18.6. The third kappa shape index (κ3) is 6.38. The highest BCUT2D eigenvalue weighted by atomic mass is 35.5. The number of morpholine rings is 1. The molecule has 3 rings (SSSR count). The molecule has 2 heterocycles. The van der Waals surface area contributed by atoms with Crippen LogP contribution in [0.25, 0.3) is 0 Å². The average Bonchev–Trinajstić information content (AvgIpc) is 2.69. The molecule has 0 N–H and O–H groups in total. The predicted octanol–water partition coefficient (Wildman–Crippen LogP) is 1.58. The highest BCUT2D eigenvalue weighted by Crippen LogP contribution is 2.14. The molecule has 0 radical (unpaired) electrons. The third-order valence-corrected chi connectivity index (χ3v) is 5.97. The van der Waals surface area contributed by atoms with Crippen molar-refractivity contribution in [3.05, 3.63) is 34.9 Å². The molecule has 0 saturated carbocycles. The molecule has 27 heavy (non-hydrogen) atoms. The summed E-state index contributed by atoms with van der Waals surface area (Å²) in [6.07, 6.45) is 0. The summed E-state index contributed by atoms with van der Waals surface area (Å²) in [7, 11) is 0. The molecule has 2 aliphatic rings. The van der Waals surface area contributed by atoms with Crippen molar-refractivity contribution in [3.8, 4) is 0 Å². The van der Waals surface area contributed by atoms with Crippen LogP contribution in [0.15, 0.2) is 24.3 Å². The summed E-state index contributed by atoms with van der Waals surface area (Å²) < 4.78 is 5.25. The Morgan fingerprint density at radius 2 is 1.59 bits per heavy atom. The Bertz CT molecular complexity index is 647. The van der Waals surface area contributed by atoms with E-state index in [1.165, 1.54) is 17.3 Å². The van der Waals surface area contributed by atoms with Gasteiger partial charge in [-0.3, -0.25) is 14.5 Å². The number of ether oxygens (including phenoxy) is 1. The van der Waals surface area contributed by atoms with Gasteiger partial charge in [0.25, 0.3) is 0 Å². The summed E-state index contributed by atoms with van der Waals surface area (Å²) in [5, 5.41) is 0.755. The van der Waals surface area contributed by atoms with Crippen LogP contribution in [0.5, 0.6) is 0 Å². The van der Waals surface area contributed by atoms with Crippen LogP contribution in [0.2, 0.25) is 5.02 Å². The van der Waals surface area contributed by atoms with E-state index in [2.05, 4.69) is 11.0 Å². The fourth-order valence-corrected chi connectivity index (χ4v) is 4.30. The quantitative estimate of drug-likeness (QED) is 0.711. The molecule has 2 aliphatic heterocycles. The molecular formula is C19H26ClN3O3S. The number of nitrogens with zero attached hydrogens (tertiary/aromatic N) is 3. The van der Waals surface area contributed by atoms with Crippen molar-refractivity contribution in [3.63, 3.8) is 0 Å². The van der Waals surface area contributed by atoms with Gasteiger partial charge in [0.2, 0.25) is 11.8 Å². The Morgan fingerprint density at radius 3 is 2.22 bits per heavy atom. The summed E-state index contributed by atoms with van der Waals surface area (Å²) in [5.74, 6) is 0.949. The average molecular weight is 412 g/mol. The number of thioether (sulfide) groups is 1. The Balaban J connectivity index is 1.34. The van der Waals surface area contributed by atoms with Crippen molar-refractivity contribution in [2.45, 2.75) is 6.54 Å². The van der Waals surface area contributed by atoms with Crippen LogP contribution in [0.1, 0.15) is 5.56 Å². The number of benzene rings is 1. The van der Waals surface area contributed by atoms with Crippen molar-refractivity contribution in [2.75, 3.05) is 64.0 Å². The molecule has 148 valence electrons. The van der Waals surface area contributed by atoms with Crippen molar-refractivity contribution < 1.29 is 14.3 Å². The van der Waals surface area contributed by atoms with Gasteiger partial charge in [0, 0.05) is 50.8 Å². The number of hydrogen-bond donors (Lipinski definition) is 0. The zero-order valence-corrected chi connectivity index (χ0v) is 17.0. The Morgan fingerprint density at radius 1 is 0.963 bits per heavy atom. The second-order valence-corrected chi connectivity index (χ2v) is 8.19. The molecule has 2 saturated heterocycles. The third-order valence-electron chi connectivity index (χ3n) is 4.84. The van der Waals surface area contributed by atoms with Crippen molar-refractivity contribution in [2.24, 2.45) is 0 Å². The van der Waals surface area contributed by atoms with E-state index in [0.29, 0.717) is 37.8 Å². The van der Waals surface area contributed by atoms with Gasteiger partial charge < -0.3 is 14.5 Å². The minimum absolute atomic E-state index is 0.0995. The van der Waals surface area contributed by atoms with E-state index >= 15 is 0 Å². The molecule has 6 nitrogen and oxygen atoms in total. The SMILES string of the molecule is O=C(CSCC(=O)N1CCN(Cc2cccc(Cl)c2)CC1)N1CCOCC1. The lowest BCUT2D eigenvalue weighted by molar-refractivity contribution is -0.132. The van der Waals surface area contributed by atoms with Gasteiger partial charge in [-0.25, -0.2) is 0 Å². The molecular weight excluding hydrogens is 386 g/mol. The first kappa shape index (κ1) is 20.5. The van der Waals surface area contributed by atoms with Crippen molar-refractivity contribution >= 4 is 35.2 Å². The summed E-state index contributed by atoms with van der Waals surface area (Å²) in [6.45, 7) is 6.55. The monoisotopic (exact) mass is 411 g/mol. The Labute approximate surface area is 169 Å². The lowest BCUT2D eigenvalue weighted by Gasteiger charge is -2.34. The molecule has 1 aromatic rings. The summed E-state index contributed by atoms with van der Waals surface area (Å²) in [6, 6.07) is 7.91. The van der Waals surface area contributed by atoms with E-state index < -0.39 is 0 Å². The van der Waals surface area contributed by atoms with E-state index in [-0.39, 0.29) is 11.8 Å². The highest BCUT2D eigenvalue weighted by molar-refractivity contribution is 8.00. The topological polar surface area (TPSA) is 53.1 Å². The molecule has 2 amide bonds. The van der Waals surface area contributed by atoms with Crippen molar-refractivity contribution in [1.82, 2.24) is 14.7 Å². The maximum atomic E-state index is 12.4. The first-order valence-corrected chi connectivity index (χ1v) is 10.8. The first-order valence-electron chi connectivity index (χ1n) is 9.29. The lowest BCUT2D eigenvalue weighted by Crippen LogP contribution is -2.49. The van der Waals surface area contributed by atoms with Gasteiger partial charge in [-0.05, 0) is 17.7 Å². The van der Waals surface area contributed by atoms with Crippen LogP contribution in [0, 0.1) is 0 Å². The summed E-state index contributed by atoms with van der Waals surface area (Å²) >= 11 is 7.45. The zero-order chi connectivity index (χ0) is 19.1. The molecule has 8 heteroatoms. The number of amides is 2. The standard InChI is InChI=1S/C19H26ClN3O3S/c20-17-3-1-2-16(12-17)13-21-4-6-22(7-5-21)18(24)14-27-15-19(25)23-8-10-26-11-9-23/h1-3,12H,4-11,13-15H2. The molecule has 0 atom stereocenters. The lowest BCUT2D eigenvalue weighted by atomic mass is 10.2. The van der Waals surface area contributed by atoms with E-state index in [0.717, 1.165) is 37.7 Å². The number of halogens is 1. The second kappa shape index (κ2) is 10.3. The second-order valence-electron chi connectivity index (χ2n) is 6.77. The van der Waals surface area contributed by atoms with E-state index in [4.69, 9.17) is 16.3 Å². The van der Waals surface area contributed by atoms with E-state index in [1.807, 2.05) is 28.0 Å². The Hall–Kier alpha value is -1.28. The minimum Gasteiger partial charge on any atom is -0.378 e. The number of piperazine rings is 1. The van der Waals surface area contributed by atoms with Gasteiger partial charge in [-0.1, -0.05) is 23.7 Å². The number of carbonyl (C=O) groups is 2. The van der Waals surface area contributed by atoms with Crippen molar-refractivity contribution in [1.29, 1.82) is 0 Å². The molecule has 0 spiro atoms. The maximum Gasteiger partial charge on any atom is 0.232 e. The minimum atomic E-state index is 0.0995. The fourth-order valence-electron chi connectivity index (χ4n) is 3.27. The van der Waals surface area contributed by atoms with E-state index in [1.54, 1.807) is 0 Å². The van der Waals surface area contributed by atoms with Crippen LogP contribution < -0.4 is 0 Å². The molecule has 1 aromatic carbocycles. The van der Waals surface area contributed by atoms with Crippen LogP contribution in [0.4, 0.5) is 0 Å². The Kier molecular flexibility index (Phi) is 7.81. The van der Waals surface area contributed by atoms with Gasteiger partial charge >= 0.3 is 0 Å². The predicted molar refractivity (Wildman–Crippen MR) is 108 cm³/mol. The van der Waals surface area contributed by atoms with Gasteiger partial charge in [0.15, 0.2) is 0 Å². The molecule has 0 unspecified atom stereocenters. The summed E-state index contributed by atoms with van der Waals surface area (Å²) in [5.41, 5.74) is 1.19. The molecule has 0 bridgehead atoms. The van der Waals surface area contributed by atoms with E-state index in [9.17, 15) is 9.59 Å². The van der Waals surface area contributed by atoms with Gasteiger partial charge in [0.05, 0.1) is 24.7 Å². The van der Waals surface area contributed by atoms with Gasteiger partial charge in [0.1, 0.15) is 0 Å². The number of hydrogen-bond acceptors (Lipinski definition) is 5. The van der Waals surface area contributed by atoms with Gasteiger partial charge in [-0.15, -0.1) is 11.8 Å². The van der Waals surface area contributed by atoms with Crippen LogP contribution in [-0.4, -0.2) is 90.5 Å². The molecule has 0 aromatic heterocycles. The van der Waals surface area contributed by atoms with Crippen LogP contribution in [-0.2, 0) is 20.9 Å². The first-order chi connectivity index (χ1) is 13.1. The largest absolute Gasteiger partial charge is 0.378 e. The summed E-state index contributed by atoms with van der Waals surface area (Å²) in [4.78, 5) is 30.6. The number of carbonyl (C=O) groups excluding carboxylic acids is 2. The maximum absolute atomic E-state index is 12.4. The zero-order valence-electron chi connectivity index (χ0n) is 15.4. The molecule has 2 fully saturated rings. The molecule has 0 aliphatic carbocycles. The van der Waals surface area contributed by atoms with Gasteiger partial charge in [-0.2, -0.15) is 0 Å². The fraction of sp³-hybridized carbons (Fsp3) is 0.579. The number of rotatable bonds is 6. The highest BCUT2D eigenvalue weighted by Gasteiger charge is 2.22. The smallest absolute Gasteiger partial charge is 0.232 e.